The average molecular weight is 425 g/mol. The minimum Gasteiger partial charge on any atom is -0.461 e. The maximum absolute atomic E-state index is 12.9. The van der Waals surface area contributed by atoms with Gasteiger partial charge in [0, 0.05) is 24.1 Å². The van der Waals surface area contributed by atoms with Gasteiger partial charge in [0.25, 0.3) is 5.69 Å². The molecule has 8 heteroatoms. The first-order valence-corrected chi connectivity index (χ1v) is 10.2. The van der Waals surface area contributed by atoms with Gasteiger partial charge in [-0.2, -0.15) is 0 Å². The van der Waals surface area contributed by atoms with Crippen molar-refractivity contribution >= 4 is 45.6 Å². The van der Waals surface area contributed by atoms with E-state index in [0.717, 1.165) is 16.8 Å². The van der Waals surface area contributed by atoms with Crippen molar-refractivity contribution in [1.82, 2.24) is 0 Å². The summed E-state index contributed by atoms with van der Waals surface area (Å²) in [4.78, 5) is 24.8. The molecule has 1 atom stereocenters. The fraction of sp³-hybridized carbons (Fsp3) is 0.143. The van der Waals surface area contributed by atoms with Gasteiger partial charge in [0.15, 0.2) is 0 Å². The predicted molar refractivity (Wildman–Crippen MR) is 117 cm³/mol. The molecule has 146 valence electrons. The van der Waals surface area contributed by atoms with Crippen LogP contribution in [0.15, 0.2) is 65.1 Å². The minimum atomic E-state index is -0.442. The zero-order chi connectivity index (χ0) is 20.5. The molecule has 1 aromatic heterocycles. The first-order chi connectivity index (χ1) is 13.9. The van der Waals surface area contributed by atoms with Crippen molar-refractivity contribution < 1.29 is 14.1 Å². The van der Waals surface area contributed by atoms with Crippen molar-refractivity contribution in [2.45, 2.75) is 18.6 Å². The lowest BCUT2D eigenvalue weighted by atomic mass is 10.1. The number of aryl methyl sites for hydroxylation is 1. The lowest BCUT2D eigenvalue weighted by molar-refractivity contribution is -0.384. The second kappa shape index (κ2) is 7.81. The molecule has 4 rings (SSSR count). The van der Waals surface area contributed by atoms with E-state index in [2.05, 4.69) is 0 Å². The quantitative estimate of drug-likeness (QED) is 0.321. The number of thiocarbonyl (C=S) groups is 1. The van der Waals surface area contributed by atoms with Gasteiger partial charge in [-0.05, 0) is 43.3 Å². The van der Waals surface area contributed by atoms with E-state index in [0.29, 0.717) is 22.3 Å². The molecule has 0 spiro atoms. The van der Waals surface area contributed by atoms with Crippen LogP contribution in [0.5, 0.6) is 0 Å². The third-order valence-corrected chi connectivity index (χ3v) is 6.13. The van der Waals surface area contributed by atoms with Crippen LogP contribution in [0.4, 0.5) is 11.4 Å². The molecule has 0 bridgehead atoms. The van der Waals surface area contributed by atoms with Crippen LogP contribution in [0.3, 0.4) is 0 Å². The van der Waals surface area contributed by atoms with Gasteiger partial charge in [0.1, 0.15) is 15.8 Å². The zero-order valence-electron chi connectivity index (χ0n) is 15.4. The van der Waals surface area contributed by atoms with Crippen molar-refractivity contribution in [3.8, 4) is 11.3 Å². The van der Waals surface area contributed by atoms with Gasteiger partial charge in [-0.15, -0.1) is 0 Å². The van der Waals surface area contributed by atoms with Gasteiger partial charge in [0.05, 0.1) is 15.9 Å². The molecule has 0 saturated carbocycles. The molecule has 29 heavy (non-hydrogen) atoms. The minimum absolute atomic E-state index is 0.0261. The molecule has 0 N–H and O–H groups in total. The van der Waals surface area contributed by atoms with Crippen LogP contribution in [-0.4, -0.2) is 20.4 Å². The van der Waals surface area contributed by atoms with Gasteiger partial charge in [0.2, 0.25) is 5.91 Å². The van der Waals surface area contributed by atoms with E-state index < -0.39 is 4.92 Å². The second-order valence-electron chi connectivity index (χ2n) is 6.66. The van der Waals surface area contributed by atoms with Crippen LogP contribution in [0, 0.1) is 17.0 Å². The number of nitro benzene ring substituents is 1. The number of furan rings is 1. The summed E-state index contributed by atoms with van der Waals surface area (Å²) in [6.07, 6.45) is 0.416. The molecule has 0 unspecified atom stereocenters. The third kappa shape index (κ3) is 3.94. The number of thioether (sulfide) groups is 1. The molecular formula is C21H16N2O4S2. The Labute approximate surface area is 176 Å². The maximum Gasteiger partial charge on any atom is 0.269 e. The predicted octanol–water partition coefficient (Wildman–Crippen LogP) is 5.14. The highest BCUT2D eigenvalue weighted by Gasteiger charge is 2.38. The number of carbonyl (C=O) groups is 1. The van der Waals surface area contributed by atoms with Gasteiger partial charge in [-0.3, -0.25) is 19.8 Å². The average Bonchev–Trinajstić information content (AvgIpc) is 3.28. The van der Waals surface area contributed by atoms with E-state index in [1.165, 1.54) is 23.9 Å². The topological polar surface area (TPSA) is 76.6 Å². The molecule has 6 nitrogen and oxygen atoms in total. The number of anilines is 1. The Balaban J connectivity index is 1.49. The third-order valence-electron chi connectivity index (χ3n) is 4.62. The molecule has 1 aliphatic rings. The standard InChI is InChI=1S/C21H16N2O4S2/c1-13-2-6-15(7-3-13)22-20(24)19(29-21(22)28)12-17-10-11-18(27-17)14-4-8-16(9-5-14)23(25)26/h2-11,19H,12H2,1H3/t19-/m1/s1. The Hall–Kier alpha value is -2.97. The molecule has 1 amide bonds. The number of hydrogen-bond donors (Lipinski definition) is 0. The first kappa shape index (κ1) is 19.4. The summed E-state index contributed by atoms with van der Waals surface area (Å²) >= 11 is 6.78. The van der Waals surface area contributed by atoms with E-state index in [9.17, 15) is 14.9 Å². The second-order valence-corrected chi connectivity index (χ2v) is 8.49. The van der Waals surface area contributed by atoms with E-state index in [1.54, 1.807) is 23.1 Å². The summed E-state index contributed by atoms with van der Waals surface area (Å²) < 4.78 is 6.41. The van der Waals surface area contributed by atoms with Gasteiger partial charge >= 0.3 is 0 Å². The lowest BCUT2D eigenvalue weighted by Gasteiger charge is -2.15. The molecule has 1 saturated heterocycles. The van der Waals surface area contributed by atoms with Gasteiger partial charge in [-0.25, -0.2) is 0 Å². The molecule has 0 radical (unpaired) electrons. The number of non-ortho nitro benzene ring substituents is 1. The summed E-state index contributed by atoms with van der Waals surface area (Å²) in [6, 6.07) is 17.5. The Kier molecular flexibility index (Phi) is 5.21. The molecular weight excluding hydrogens is 408 g/mol. The van der Waals surface area contributed by atoms with Gasteiger partial charge in [-0.1, -0.05) is 41.7 Å². The fourth-order valence-corrected chi connectivity index (χ4v) is 4.63. The summed E-state index contributed by atoms with van der Waals surface area (Å²) in [5.41, 5.74) is 2.65. The number of hydrogen-bond acceptors (Lipinski definition) is 6. The highest BCUT2D eigenvalue weighted by Crippen LogP contribution is 2.35. The largest absolute Gasteiger partial charge is 0.461 e. The van der Waals surface area contributed by atoms with E-state index in [1.807, 2.05) is 37.3 Å². The summed E-state index contributed by atoms with van der Waals surface area (Å²) in [5, 5.41) is 10.4. The summed E-state index contributed by atoms with van der Waals surface area (Å²) in [7, 11) is 0. The molecule has 1 aliphatic heterocycles. The monoisotopic (exact) mass is 424 g/mol. The van der Waals surface area contributed by atoms with Crippen molar-refractivity contribution in [2.24, 2.45) is 0 Å². The van der Waals surface area contributed by atoms with Gasteiger partial charge < -0.3 is 4.42 Å². The Morgan fingerprint density at radius 2 is 1.79 bits per heavy atom. The molecule has 2 heterocycles. The number of nitro groups is 1. The smallest absolute Gasteiger partial charge is 0.269 e. The lowest BCUT2D eigenvalue weighted by Crippen LogP contribution is -2.31. The number of rotatable bonds is 5. The Morgan fingerprint density at radius 1 is 1.10 bits per heavy atom. The molecule has 1 fully saturated rings. The highest BCUT2D eigenvalue weighted by molar-refractivity contribution is 8.25. The summed E-state index contributed by atoms with van der Waals surface area (Å²) in [6.45, 7) is 1.99. The number of nitrogens with zero attached hydrogens (tertiary/aromatic N) is 2. The SMILES string of the molecule is Cc1ccc(N2C(=O)[C@@H](Cc3ccc(-c4ccc([N+](=O)[O-])cc4)o3)SC2=S)cc1. The van der Waals surface area contributed by atoms with Crippen LogP contribution in [-0.2, 0) is 11.2 Å². The van der Waals surface area contributed by atoms with Crippen molar-refractivity contribution in [1.29, 1.82) is 0 Å². The van der Waals surface area contributed by atoms with Crippen molar-refractivity contribution in [2.75, 3.05) is 4.90 Å². The molecule has 3 aromatic rings. The van der Waals surface area contributed by atoms with Crippen LogP contribution in [0.2, 0.25) is 0 Å². The highest BCUT2D eigenvalue weighted by atomic mass is 32.2. The van der Waals surface area contributed by atoms with Crippen molar-refractivity contribution in [3.63, 3.8) is 0 Å². The molecule has 0 aliphatic carbocycles. The summed E-state index contributed by atoms with van der Waals surface area (Å²) in [5.74, 6) is 1.21. The number of carbonyl (C=O) groups excluding carboxylic acids is 1. The van der Waals surface area contributed by atoms with Crippen LogP contribution in [0.1, 0.15) is 11.3 Å². The molecule has 2 aromatic carbocycles. The van der Waals surface area contributed by atoms with Crippen LogP contribution >= 0.6 is 24.0 Å². The maximum atomic E-state index is 12.9. The fourth-order valence-electron chi connectivity index (χ4n) is 3.09. The van der Waals surface area contributed by atoms with Crippen LogP contribution < -0.4 is 4.90 Å². The Morgan fingerprint density at radius 3 is 2.45 bits per heavy atom. The van der Waals surface area contributed by atoms with Crippen LogP contribution in [0.25, 0.3) is 11.3 Å². The first-order valence-electron chi connectivity index (χ1n) is 8.87. The normalized spacial score (nSPS) is 16.4. The van der Waals surface area contributed by atoms with E-state index in [-0.39, 0.29) is 16.8 Å². The Bertz CT molecular complexity index is 1090. The number of amides is 1. The zero-order valence-corrected chi connectivity index (χ0v) is 17.0. The van der Waals surface area contributed by atoms with E-state index in [4.69, 9.17) is 16.6 Å². The van der Waals surface area contributed by atoms with E-state index >= 15 is 0 Å². The van der Waals surface area contributed by atoms with Crippen molar-refractivity contribution in [3.05, 3.63) is 82.1 Å². The number of benzene rings is 2.